The van der Waals surface area contributed by atoms with Crippen LogP contribution in [0, 0.1) is 6.92 Å². The largest absolute Gasteiger partial charge is 0.478 e. The molecule has 6 heteroatoms. The van der Waals surface area contributed by atoms with E-state index in [1.165, 1.54) is 0 Å². The minimum Gasteiger partial charge on any atom is -0.478 e. The number of benzene rings is 2. The molecule has 0 spiro atoms. The van der Waals surface area contributed by atoms with Crippen molar-refractivity contribution in [3.8, 4) is 5.75 Å². The van der Waals surface area contributed by atoms with Crippen LogP contribution in [-0.2, 0) is 9.53 Å². The number of hydrogen-bond acceptors (Lipinski definition) is 4. The summed E-state index contributed by atoms with van der Waals surface area (Å²) in [6.45, 7) is 8.29. The van der Waals surface area contributed by atoms with Gasteiger partial charge in [-0.3, -0.25) is 4.79 Å². The lowest BCUT2D eigenvalue weighted by Gasteiger charge is -2.47. The number of halogens is 1. The number of carbonyl (C=O) groups is 1. The number of ether oxygens (including phenoxy) is 2. The van der Waals surface area contributed by atoms with Crippen LogP contribution in [0.3, 0.4) is 0 Å². The molecule has 2 aromatic carbocycles. The number of hydrogen-bond donors (Lipinski definition) is 1. The highest BCUT2D eigenvalue weighted by Crippen LogP contribution is 2.33. The van der Waals surface area contributed by atoms with Crippen molar-refractivity contribution in [2.45, 2.75) is 45.4 Å². The molecule has 1 amide bonds. The Morgan fingerprint density at radius 3 is 2.55 bits per heavy atom. The Hall–Kier alpha value is -2.08. The number of rotatable bonds is 10. The molecule has 0 unspecified atom stereocenters. The van der Waals surface area contributed by atoms with Gasteiger partial charge in [-0.2, -0.15) is 0 Å². The van der Waals surface area contributed by atoms with Gasteiger partial charge in [-0.25, -0.2) is 0 Å². The van der Waals surface area contributed by atoms with Crippen LogP contribution in [0.15, 0.2) is 48.5 Å². The van der Waals surface area contributed by atoms with Crippen LogP contribution < -0.4 is 15.0 Å². The SMILES string of the molecule is Cc1ccccc1N1C(=O)[C@@H](Oc2ccc(Cl)cc2)[C@H]1CNCCCOC(C)C. The van der Waals surface area contributed by atoms with Crippen LogP contribution in [0.25, 0.3) is 0 Å². The summed E-state index contributed by atoms with van der Waals surface area (Å²) in [5.74, 6) is 0.622. The van der Waals surface area contributed by atoms with Crippen molar-refractivity contribution in [1.82, 2.24) is 5.32 Å². The summed E-state index contributed by atoms with van der Waals surface area (Å²) in [6.07, 6.45) is 0.648. The summed E-state index contributed by atoms with van der Waals surface area (Å²) < 4.78 is 11.6. The number of para-hydroxylation sites is 1. The second kappa shape index (κ2) is 10.1. The van der Waals surface area contributed by atoms with Crippen LogP contribution in [-0.4, -0.2) is 43.9 Å². The monoisotopic (exact) mass is 416 g/mol. The van der Waals surface area contributed by atoms with Gasteiger partial charge in [-0.15, -0.1) is 0 Å². The first kappa shape index (κ1) is 21.6. The number of carbonyl (C=O) groups excluding carboxylic acids is 1. The van der Waals surface area contributed by atoms with Gasteiger partial charge < -0.3 is 19.7 Å². The van der Waals surface area contributed by atoms with Gasteiger partial charge in [0, 0.05) is 23.9 Å². The Balaban J connectivity index is 1.65. The molecule has 2 atom stereocenters. The second-order valence-corrected chi connectivity index (χ2v) is 7.97. The summed E-state index contributed by atoms with van der Waals surface area (Å²) >= 11 is 5.95. The van der Waals surface area contributed by atoms with Crippen LogP contribution in [0.2, 0.25) is 5.02 Å². The normalized spacial score (nSPS) is 18.8. The Morgan fingerprint density at radius 2 is 1.86 bits per heavy atom. The Kier molecular flexibility index (Phi) is 7.53. The maximum Gasteiger partial charge on any atom is 0.270 e. The van der Waals surface area contributed by atoms with E-state index in [9.17, 15) is 4.79 Å². The molecule has 0 saturated carbocycles. The number of nitrogens with one attached hydrogen (secondary N) is 1. The molecule has 5 nitrogen and oxygen atoms in total. The minimum atomic E-state index is -0.518. The molecule has 3 rings (SSSR count). The molecule has 0 bridgehead atoms. The molecule has 1 N–H and O–H groups in total. The summed E-state index contributed by atoms with van der Waals surface area (Å²) in [6, 6.07) is 15.0. The highest BCUT2D eigenvalue weighted by molar-refractivity contribution is 6.30. The summed E-state index contributed by atoms with van der Waals surface area (Å²) in [4.78, 5) is 14.8. The maximum absolute atomic E-state index is 12.9. The smallest absolute Gasteiger partial charge is 0.270 e. The number of aryl methyl sites for hydroxylation is 1. The molecule has 1 saturated heterocycles. The molecule has 1 fully saturated rings. The van der Waals surface area contributed by atoms with E-state index in [-0.39, 0.29) is 18.1 Å². The predicted molar refractivity (Wildman–Crippen MR) is 117 cm³/mol. The van der Waals surface area contributed by atoms with Crippen molar-refractivity contribution in [1.29, 1.82) is 0 Å². The quantitative estimate of drug-likeness (QED) is 0.465. The van der Waals surface area contributed by atoms with Crippen molar-refractivity contribution >= 4 is 23.2 Å². The van der Waals surface area contributed by atoms with Crippen LogP contribution >= 0.6 is 11.6 Å². The Morgan fingerprint density at radius 1 is 1.14 bits per heavy atom. The van der Waals surface area contributed by atoms with Gasteiger partial charge in [0.1, 0.15) is 5.75 Å². The fourth-order valence-corrected chi connectivity index (χ4v) is 3.53. The lowest BCUT2D eigenvalue weighted by molar-refractivity contribution is -0.134. The maximum atomic E-state index is 12.9. The van der Waals surface area contributed by atoms with Crippen molar-refractivity contribution in [2.75, 3.05) is 24.6 Å². The highest BCUT2D eigenvalue weighted by atomic mass is 35.5. The zero-order valence-corrected chi connectivity index (χ0v) is 18.0. The van der Waals surface area contributed by atoms with Crippen LogP contribution in [0.4, 0.5) is 5.69 Å². The van der Waals surface area contributed by atoms with E-state index in [2.05, 4.69) is 5.32 Å². The molecule has 0 aromatic heterocycles. The standard InChI is InChI=1S/C23H29ClN2O3/c1-16(2)28-14-6-13-25-15-21-22(29-19-11-9-18(24)10-12-19)23(27)26(21)20-8-5-4-7-17(20)3/h4-5,7-12,16,21-22,25H,6,13-15H2,1-3H3/t21-,22+/m1/s1. The second-order valence-electron chi connectivity index (χ2n) is 7.53. The summed E-state index contributed by atoms with van der Waals surface area (Å²) in [5, 5.41) is 4.09. The molecule has 0 radical (unpaired) electrons. The van der Waals surface area contributed by atoms with E-state index in [0.717, 1.165) is 30.8 Å². The molecule has 156 valence electrons. The zero-order valence-electron chi connectivity index (χ0n) is 17.2. The number of nitrogens with zero attached hydrogens (tertiary/aromatic N) is 1. The topological polar surface area (TPSA) is 50.8 Å². The van der Waals surface area contributed by atoms with Gasteiger partial charge in [-0.05, 0) is 69.6 Å². The average Bonchev–Trinajstić information content (AvgIpc) is 2.70. The third kappa shape index (κ3) is 5.50. The molecule has 2 aromatic rings. The van der Waals surface area contributed by atoms with E-state index in [0.29, 0.717) is 17.3 Å². The van der Waals surface area contributed by atoms with E-state index in [1.54, 1.807) is 24.3 Å². The van der Waals surface area contributed by atoms with Crippen molar-refractivity contribution in [3.63, 3.8) is 0 Å². The lowest BCUT2D eigenvalue weighted by Crippen LogP contribution is -2.70. The molecule has 29 heavy (non-hydrogen) atoms. The Labute approximate surface area is 177 Å². The zero-order chi connectivity index (χ0) is 20.8. The van der Waals surface area contributed by atoms with Gasteiger partial charge in [-0.1, -0.05) is 29.8 Å². The van der Waals surface area contributed by atoms with Crippen LogP contribution in [0.1, 0.15) is 25.8 Å². The van der Waals surface area contributed by atoms with Gasteiger partial charge in [0.25, 0.3) is 5.91 Å². The molecule has 1 heterocycles. The highest BCUT2D eigenvalue weighted by Gasteiger charge is 2.50. The first-order valence-electron chi connectivity index (χ1n) is 10.1. The first-order chi connectivity index (χ1) is 14.0. The van der Waals surface area contributed by atoms with Crippen LogP contribution in [0.5, 0.6) is 5.75 Å². The molecular weight excluding hydrogens is 388 g/mol. The third-order valence-electron chi connectivity index (χ3n) is 4.92. The molecule has 1 aliphatic heterocycles. The minimum absolute atomic E-state index is 0.0239. The average molecular weight is 417 g/mol. The van der Waals surface area contributed by atoms with Gasteiger partial charge in [0.05, 0.1) is 12.1 Å². The lowest BCUT2D eigenvalue weighted by atomic mass is 9.95. The summed E-state index contributed by atoms with van der Waals surface area (Å²) in [5.41, 5.74) is 2.00. The molecule has 1 aliphatic rings. The first-order valence-corrected chi connectivity index (χ1v) is 10.5. The van der Waals surface area contributed by atoms with E-state index in [4.69, 9.17) is 21.1 Å². The fraction of sp³-hybridized carbons (Fsp3) is 0.435. The van der Waals surface area contributed by atoms with Crippen molar-refractivity contribution in [2.24, 2.45) is 0 Å². The molecular formula is C23H29ClN2O3. The van der Waals surface area contributed by atoms with E-state index in [1.807, 2.05) is 49.9 Å². The number of anilines is 1. The van der Waals surface area contributed by atoms with E-state index >= 15 is 0 Å². The van der Waals surface area contributed by atoms with Gasteiger partial charge >= 0.3 is 0 Å². The fourth-order valence-electron chi connectivity index (χ4n) is 3.40. The predicted octanol–water partition coefficient (Wildman–Crippen LogP) is 4.22. The van der Waals surface area contributed by atoms with E-state index < -0.39 is 6.10 Å². The van der Waals surface area contributed by atoms with Gasteiger partial charge in [0.2, 0.25) is 0 Å². The molecule has 0 aliphatic carbocycles. The number of β-lactam (4-membered cyclic amide) rings is 1. The number of amides is 1. The Bertz CT molecular complexity index is 810. The van der Waals surface area contributed by atoms with Gasteiger partial charge in [0.15, 0.2) is 6.10 Å². The summed E-state index contributed by atoms with van der Waals surface area (Å²) in [7, 11) is 0. The van der Waals surface area contributed by atoms with Crippen molar-refractivity contribution < 1.29 is 14.3 Å². The third-order valence-corrected chi connectivity index (χ3v) is 5.17. The van der Waals surface area contributed by atoms with Crippen molar-refractivity contribution in [3.05, 3.63) is 59.1 Å².